The van der Waals surface area contributed by atoms with Crippen LogP contribution in [0.2, 0.25) is 0 Å². The molecule has 0 fully saturated rings. The number of para-hydroxylation sites is 1. The molecule has 2 N–H and O–H groups in total. The van der Waals surface area contributed by atoms with Crippen molar-refractivity contribution in [2.45, 2.75) is 51.8 Å². The second-order valence-electron chi connectivity index (χ2n) is 6.69. The van der Waals surface area contributed by atoms with Crippen LogP contribution < -0.4 is 10.2 Å². The lowest BCUT2D eigenvalue weighted by molar-refractivity contribution is 0.0913. The van der Waals surface area contributed by atoms with Crippen LogP contribution in [-0.2, 0) is 13.0 Å². The molecule has 0 bridgehead atoms. The van der Waals surface area contributed by atoms with E-state index in [2.05, 4.69) is 35.3 Å². The number of benzene rings is 1. The first-order valence-corrected chi connectivity index (χ1v) is 8.97. The van der Waals surface area contributed by atoms with E-state index in [1.165, 1.54) is 11.3 Å². The summed E-state index contributed by atoms with van der Waals surface area (Å²) in [6.07, 6.45) is 3.45. The van der Waals surface area contributed by atoms with Crippen LogP contribution in [0.5, 0.6) is 0 Å². The molecular formula is C20H26N2O3. The predicted molar refractivity (Wildman–Crippen MR) is 97.7 cm³/mol. The van der Waals surface area contributed by atoms with E-state index in [0.717, 1.165) is 12.0 Å². The van der Waals surface area contributed by atoms with Gasteiger partial charge in [0.15, 0.2) is 5.76 Å². The molecule has 1 aromatic heterocycles. The van der Waals surface area contributed by atoms with Gasteiger partial charge in [0, 0.05) is 30.4 Å². The molecule has 3 rings (SSSR count). The highest BCUT2D eigenvalue weighted by Gasteiger charge is 2.27. The lowest BCUT2D eigenvalue weighted by Crippen LogP contribution is -2.31. The number of amides is 1. The second kappa shape index (κ2) is 7.74. The van der Waals surface area contributed by atoms with E-state index in [9.17, 15) is 9.90 Å². The number of hydrogen-bond acceptors (Lipinski definition) is 4. The Hall–Kier alpha value is -2.27. The van der Waals surface area contributed by atoms with Gasteiger partial charge in [0.05, 0.1) is 12.4 Å². The van der Waals surface area contributed by atoms with E-state index < -0.39 is 0 Å². The molecule has 0 spiro atoms. The van der Waals surface area contributed by atoms with E-state index in [1.807, 2.05) is 19.1 Å². The lowest BCUT2D eigenvalue weighted by atomic mass is 10.1. The molecule has 5 heteroatoms. The van der Waals surface area contributed by atoms with Crippen LogP contribution in [-0.4, -0.2) is 29.7 Å². The molecule has 1 aromatic carbocycles. The second-order valence-corrected chi connectivity index (χ2v) is 6.69. The normalized spacial score (nSPS) is 17.4. The zero-order valence-electron chi connectivity index (χ0n) is 14.9. The summed E-state index contributed by atoms with van der Waals surface area (Å²) in [6, 6.07) is 10.7. The van der Waals surface area contributed by atoms with Crippen molar-refractivity contribution < 1.29 is 14.3 Å². The number of nitrogens with one attached hydrogen (secondary N) is 1. The van der Waals surface area contributed by atoms with Gasteiger partial charge in [-0.05, 0) is 43.9 Å². The maximum atomic E-state index is 12.4. The Morgan fingerprint density at radius 1 is 1.40 bits per heavy atom. The first-order valence-electron chi connectivity index (χ1n) is 8.97. The highest BCUT2D eigenvalue weighted by atomic mass is 16.3. The summed E-state index contributed by atoms with van der Waals surface area (Å²) in [7, 11) is 0. The van der Waals surface area contributed by atoms with E-state index in [1.54, 1.807) is 6.26 Å². The lowest BCUT2D eigenvalue weighted by Gasteiger charge is -2.24. The molecule has 1 aliphatic rings. The SMILES string of the molecule is CCC(O)CCNC(=O)c1occc1CN1c2ccccc2CC1C. The minimum Gasteiger partial charge on any atom is -0.459 e. The highest BCUT2D eigenvalue weighted by Crippen LogP contribution is 2.33. The zero-order chi connectivity index (χ0) is 17.8. The molecule has 1 aliphatic heterocycles. The Kier molecular flexibility index (Phi) is 5.43. The van der Waals surface area contributed by atoms with E-state index in [0.29, 0.717) is 37.7 Å². The van der Waals surface area contributed by atoms with Gasteiger partial charge in [-0.3, -0.25) is 4.79 Å². The van der Waals surface area contributed by atoms with Crippen molar-refractivity contribution in [2.24, 2.45) is 0 Å². The molecule has 0 aliphatic carbocycles. The molecule has 1 amide bonds. The zero-order valence-corrected chi connectivity index (χ0v) is 14.9. The molecule has 25 heavy (non-hydrogen) atoms. The molecule has 0 radical (unpaired) electrons. The maximum Gasteiger partial charge on any atom is 0.287 e. The summed E-state index contributed by atoms with van der Waals surface area (Å²) in [5, 5.41) is 12.4. The summed E-state index contributed by atoms with van der Waals surface area (Å²) in [6.45, 7) is 5.21. The monoisotopic (exact) mass is 342 g/mol. The fourth-order valence-corrected chi connectivity index (χ4v) is 3.35. The van der Waals surface area contributed by atoms with Crippen LogP contribution in [0, 0.1) is 0 Å². The third-order valence-corrected chi connectivity index (χ3v) is 4.88. The van der Waals surface area contributed by atoms with Gasteiger partial charge in [0.25, 0.3) is 5.91 Å². The number of furan rings is 1. The number of hydrogen-bond donors (Lipinski definition) is 2. The minimum absolute atomic E-state index is 0.219. The van der Waals surface area contributed by atoms with Crippen molar-refractivity contribution in [3.63, 3.8) is 0 Å². The predicted octanol–water partition coefficient (Wildman–Crippen LogP) is 3.12. The van der Waals surface area contributed by atoms with Crippen LogP contribution in [0.15, 0.2) is 41.0 Å². The Labute approximate surface area is 148 Å². The molecule has 134 valence electrons. The molecule has 2 atom stereocenters. The molecule has 2 aromatic rings. The molecule has 0 saturated carbocycles. The van der Waals surface area contributed by atoms with E-state index >= 15 is 0 Å². The largest absolute Gasteiger partial charge is 0.459 e. The molecule has 5 nitrogen and oxygen atoms in total. The van der Waals surface area contributed by atoms with Gasteiger partial charge in [-0.15, -0.1) is 0 Å². The average Bonchev–Trinajstić information content (AvgIpc) is 3.20. The van der Waals surface area contributed by atoms with Crippen LogP contribution in [0.1, 0.15) is 48.4 Å². The van der Waals surface area contributed by atoms with Crippen molar-refractivity contribution in [1.29, 1.82) is 0 Å². The standard InChI is InChI=1S/C20H26N2O3/c1-3-17(23)8-10-21-20(24)19-16(9-11-25-19)13-22-14(2)12-15-6-4-5-7-18(15)22/h4-7,9,11,14,17,23H,3,8,10,12-13H2,1-2H3,(H,21,24). The summed E-state index contributed by atoms with van der Waals surface area (Å²) in [5.74, 6) is 0.144. The summed E-state index contributed by atoms with van der Waals surface area (Å²) < 4.78 is 5.44. The van der Waals surface area contributed by atoms with Crippen molar-refractivity contribution >= 4 is 11.6 Å². The van der Waals surface area contributed by atoms with Crippen LogP contribution >= 0.6 is 0 Å². The minimum atomic E-state index is -0.377. The molecule has 2 heterocycles. The fourth-order valence-electron chi connectivity index (χ4n) is 3.35. The number of fused-ring (bicyclic) bond motifs is 1. The summed E-state index contributed by atoms with van der Waals surface area (Å²) in [4.78, 5) is 14.7. The van der Waals surface area contributed by atoms with Gasteiger partial charge in [-0.1, -0.05) is 25.1 Å². The Bertz CT molecular complexity index is 725. The van der Waals surface area contributed by atoms with Gasteiger partial charge in [-0.25, -0.2) is 0 Å². The van der Waals surface area contributed by atoms with E-state index in [-0.39, 0.29) is 12.0 Å². The number of rotatable bonds is 7. The number of anilines is 1. The maximum absolute atomic E-state index is 12.4. The number of aliphatic hydroxyl groups is 1. The average molecular weight is 342 g/mol. The fraction of sp³-hybridized carbons (Fsp3) is 0.450. The summed E-state index contributed by atoms with van der Waals surface area (Å²) in [5.41, 5.74) is 3.46. The van der Waals surface area contributed by atoms with Gasteiger partial charge in [-0.2, -0.15) is 0 Å². The van der Waals surface area contributed by atoms with Gasteiger partial charge >= 0.3 is 0 Å². The molecule has 2 unspecified atom stereocenters. The van der Waals surface area contributed by atoms with Crippen molar-refractivity contribution in [2.75, 3.05) is 11.4 Å². The Balaban J connectivity index is 1.67. The van der Waals surface area contributed by atoms with Gasteiger partial charge in [0.1, 0.15) is 0 Å². The Morgan fingerprint density at radius 2 is 2.20 bits per heavy atom. The first kappa shape index (κ1) is 17.5. The van der Waals surface area contributed by atoms with Gasteiger partial charge in [0.2, 0.25) is 0 Å². The van der Waals surface area contributed by atoms with Crippen molar-refractivity contribution in [3.8, 4) is 0 Å². The Morgan fingerprint density at radius 3 is 3.00 bits per heavy atom. The topological polar surface area (TPSA) is 65.7 Å². The number of carbonyl (C=O) groups is 1. The quantitative estimate of drug-likeness (QED) is 0.811. The third kappa shape index (κ3) is 3.87. The number of aliphatic hydroxyl groups excluding tert-OH is 1. The van der Waals surface area contributed by atoms with Gasteiger partial charge < -0.3 is 19.7 Å². The van der Waals surface area contributed by atoms with Crippen molar-refractivity contribution in [3.05, 3.63) is 53.5 Å². The van der Waals surface area contributed by atoms with Crippen LogP contribution in [0.25, 0.3) is 0 Å². The van der Waals surface area contributed by atoms with Crippen LogP contribution in [0.3, 0.4) is 0 Å². The smallest absolute Gasteiger partial charge is 0.287 e. The van der Waals surface area contributed by atoms with Crippen molar-refractivity contribution in [1.82, 2.24) is 5.32 Å². The molecule has 0 saturated heterocycles. The third-order valence-electron chi connectivity index (χ3n) is 4.88. The molecular weight excluding hydrogens is 316 g/mol. The summed E-state index contributed by atoms with van der Waals surface area (Å²) >= 11 is 0. The highest BCUT2D eigenvalue weighted by molar-refractivity contribution is 5.93. The van der Waals surface area contributed by atoms with E-state index in [4.69, 9.17) is 4.42 Å². The van der Waals surface area contributed by atoms with Crippen LogP contribution in [0.4, 0.5) is 5.69 Å². The first-order chi connectivity index (χ1) is 12.1. The number of carbonyl (C=O) groups excluding carboxylic acids is 1. The number of nitrogens with zero attached hydrogens (tertiary/aromatic N) is 1.